The van der Waals surface area contributed by atoms with E-state index in [0.717, 1.165) is 11.1 Å². The number of carboxylic acids is 1. The highest BCUT2D eigenvalue weighted by Crippen LogP contribution is 2.05. The Hall–Kier alpha value is -1.65. The Morgan fingerprint density at radius 1 is 1.36 bits per heavy atom. The van der Waals surface area contributed by atoms with E-state index in [-0.39, 0.29) is 6.61 Å². The van der Waals surface area contributed by atoms with Crippen LogP contribution in [-0.2, 0) is 16.1 Å². The van der Waals surface area contributed by atoms with Crippen molar-refractivity contribution in [1.82, 2.24) is 10.4 Å². The molecule has 0 fully saturated rings. The maximum Gasteiger partial charge on any atom is 0.407 e. The van der Waals surface area contributed by atoms with Gasteiger partial charge >= 0.3 is 12.1 Å². The number of alkyl carbamates (subject to hydrolysis) is 1. The first kappa shape index (κ1) is 18.4. The lowest BCUT2D eigenvalue weighted by Gasteiger charge is -2.11. The SMILES string of the molecule is Cc1cccc(COC(=O)NCCCC[C@H](NP)C(=O)O)c1. The molecule has 0 spiro atoms. The molecule has 22 heavy (non-hydrogen) atoms. The van der Waals surface area contributed by atoms with Gasteiger partial charge in [0.05, 0.1) is 0 Å². The van der Waals surface area contributed by atoms with Crippen LogP contribution in [0.15, 0.2) is 24.3 Å². The molecule has 0 radical (unpaired) electrons. The number of benzene rings is 1. The topological polar surface area (TPSA) is 87.7 Å². The zero-order valence-electron chi connectivity index (χ0n) is 12.7. The first-order valence-corrected chi connectivity index (χ1v) is 7.75. The highest BCUT2D eigenvalue weighted by Gasteiger charge is 2.13. The first-order chi connectivity index (χ1) is 10.5. The molecular formula is C15H23N2O4P. The Bertz CT molecular complexity index is 496. The molecule has 0 saturated carbocycles. The predicted octanol–water partition coefficient (Wildman–Crippen LogP) is 2.22. The van der Waals surface area contributed by atoms with Crippen molar-refractivity contribution in [1.29, 1.82) is 0 Å². The normalized spacial score (nSPS) is 11.7. The van der Waals surface area contributed by atoms with Crippen molar-refractivity contribution >= 4 is 21.5 Å². The van der Waals surface area contributed by atoms with E-state index < -0.39 is 18.1 Å². The zero-order valence-corrected chi connectivity index (χ0v) is 13.8. The Labute approximate surface area is 132 Å². The number of aliphatic carboxylic acids is 1. The van der Waals surface area contributed by atoms with Crippen molar-refractivity contribution in [2.24, 2.45) is 0 Å². The smallest absolute Gasteiger partial charge is 0.407 e. The summed E-state index contributed by atoms with van der Waals surface area (Å²) in [5, 5.41) is 14.2. The van der Waals surface area contributed by atoms with Crippen molar-refractivity contribution in [3.63, 3.8) is 0 Å². The number of carbonyl (C=O) groups is 2. The van der Waals surface area contributed by atoms with Gasteiger partial charge in [-0.1, -0.05) is 39.2 Å². The van der Waals surface area contributed by atoms with E-state index >= 15 is 0 Å². The van der Waals surface area contributed by atoms with Crippen LogP contribution < -0.4 is 10.4 Å². The largest absolute Gasteiger partial charge is 0.480 e. The van der Waals surface area contributed by atoms with Crippen molar-refractivity contribution in [2.45, 2.75) is 38.8 Å². The van der Waals surface area contributed by atoms with Gasteiger partial charge in [0.15, 0.2) is 0 Å². The fraction of sp³-hybridized carbons (Fsp3) is 0.467. The predicted molar refractivity (Wildman–Crippen MR) is 87.5 cm³/mol. The second-order valence-corrected chi connectivity index (χ2v) is 5.38. The molecule has 0 aliphatic carbocycles. The van der Waals surface area contributed by atoms with Crippen molar-refractivity contribution in [3.8, 4) is 0 Å². The number of carboxylic acid groups (broad SMARTS) is 1. The number of nitrogens with one attached hydrogen (secondary N) is 2. The second kappa shape index (κ2) is 10.1. The summed E-state index contributed by atoms with van der Waals surface area (Å²) in [6.07, 6.45) is 1.46. The lowest BCUT2D eigenvalue weighted by atomic mass is 10.1. The van der Waals surface area contributed by atoms with E-state index in [9.17, 15) is 9.59 Å². The van der Waals surface area contributed by atoms with Crippen molar-refractivity contribution in [3.05, 3.63) is 35.4 Å². The first-order valence-electron chi connectivity index (χ1n) is 7.18. The van der Waals surface area contributed by atoms with Gasteiger partial charge < -0.3 is 15.2 Å². The van der Waals surface area contributed by atoms with Crippen molar-refractivity contribution in [2.75, 3.05) is 6.54 Å². The average molecular weight is 326 g/mol. The van der Waals surface area contributed by atoms with Gasteiger partial charge in [-0.15, -0.1) is 0 Å². The molecule has 7 heteroatoms. The maximum atomic E-state index is 11.5. The van der Waals surface area contributed by atoms with E-state index in [1.807, 2.05) is 31.2 Å². The summed E-state index contributed by atoms with van der Waals surface area (Å²) < 4.78 is 5.11. The summed E-state index contributed by atoms with van der Waals surface area (Å²) >= 11 is 0. The quantitative estimate of drug-likeness (QED) is 0.478. The monoisotopic (exact) mass is 326 g/mol. The Balaban J connectivity index is 2.12. The molecule has 1 amide bonds. The number of carbonyl (C=O) groups excluding carboxylic acids is 1. The maximum absolute atomic E-state index is 11.5. The minimum atomic E-state index is -0.875. The molecule has 0 saturated heterocycles. The molecule has 6 nitrogen and oxygen atoms in total. The van der Waals surface area contributed by atoms with Crippen LogP contribution in [0.1, 0.15) is 30.4 Å². The van der Waals surface area contributed by atoms with Crippen molar-refractivity contribution < 1.29 is 19.4 Å². The molecule has 122 valence electrons. The molecule has 0 aliphatic rings. The van der Waals surface area contributed by atoms with Crippen LogP contribution in [0.4, 0.5) is 4.79 Å². The molecule has 1 unspecified atom stereocenters. The summed E-state index contributed by atoms with van der Waals surface area (Å²) in [4.78, 5) is 22.3. The number of hydrogen-bond donors (Lipinski definition) is 3. The van der Waals surface area contributed by atoms with E-state index in [1.165, 1.54) is 0 Å². The Kier molecular flexibility index (Phi) is 8.48. The lowest BCUT2D eigenvalue weighted by molar-refractivity contribution is -0.139. The van der Waals surface area contributed by atoms with Crippen LogP contribution in [-0.4, -0.2) is 29.8 Å². The van der Waals surface area contributed by atoms with Crippen LogP contribution in [0, 0.1) is 6.92 Å². The zero-order chi connectivity index (χ0) is 16.4. The second-order valence-electron chi connectivity index (χ2n) is 5.05. The molecule has 0 heterocycles. The molecule has 1 rings (SSSR count). The number of ether oxygens (including phenoxy) is 1. The van der Waals surface area contributed by atoms with Gasteiger partial charge in [0, 0.05) is 6.54 Å². The summed E-state index contributed by atoms with van der Waals surface area (Å²) in [5.74, 6) is -0.875. The van der Waals surface area contributed by atoms with Gasteiger partial charge in [0.25, 0.3) is 0 Å². The number of amides is 1. The molecule has 0 aliphatic heterocycles. The number of aryl methyl sites for hydroxylation is 1. The highest BCUT2D eigenvalue weighted by molar-refractivity contribution is 7.13. The minimum absolute atomic E-state index is 0.242. The molecule has 1 aromatic rings. The Morgan fingerprint density at radius 3 is 2.77 bits per heavy atom. The number of unbranched alkanes of at least 4 members (excludes halogenated alkanes) is 1. The molecule has 3 N–H and O–H groups in total. The summed E-state index contributed by atoms with van der Waals surface area (Å²) in [5.41, 5.74) is 2.07. The standard InChI is InChI=1S/C15H23N2O4P/c1-11-5-4-6-12(9-11)10-21-15(20)16-8-3-2-7-13(17-22)14(18)19/h4-6,9,13,17H,2-3,7-8,10,22H2,1H3,(H,16,20)(H,18,19)/t13-/m0/s1. The van der Waals surface area contributed by atoms with E-state index in [0.29, 0.717) is 25.8 Å². The molecular weight excluding hydrogens is 303 g/mol. The van der Waals surface area contributed by atoms with E-state index in [4.69, 9.17) is 9.84 Å². The van der Waals surface area contributed by atoms with E-state index in [2.05, 4.69) is 19.8 Å². The third-order valence-corrected chi connectivity index (χ3v) is 3.54. The van der Waals surface area contributed by atoms with Gasteiger partial charge in [-0.2, -0.15) is 0 Å². The molecule has 0 aromatic heterocycles. The molecule has 0 bridgehead atoms. The molecule has 1 aromatic carbocycles. The lowest BCUT2D eigenvalue weighted by Crippen LogP contribution is -2.30. The van der Waals surface area contributed by atoms with Gasteiger partial charge in [-0.3, -0.25) is 9.88 Å². The average Bonchev–Trinajstić information content (AvgIpc) is 2.48. The van der Waals surface area contributed by atoms with Crippen LogP contribution in [0.3, 0.4) is 0 Å². The highest BCUT2D eigenvalue weighted by atomic mass is 31.0. The van der Waals surface area contributed by atoms with Crippen LogP contribution in [0.2, 0.25) is 0 Å². The van der Waals surface area contributed by atoms with Gasteiger partial charge in [0.1, 0.15) is 12.6 Å². The van der Waals surface area contributed by atoms with E-state index in [1.54, 1.807) is 0 Å². The fourth-order valence-corrected chi connectivity index (χ4v) is 2.25. The van der Waals surface area contributed by atoms with Crippen LogP contribution >= 0.6 is 9.39 Å². The number of rotatable bonds is 9. The van der Waals surface area contributed by atoms with Gasteiger partial charge in [-0.25, -0.2) is 4.79 Å². The number of hydrogen-bond acceptors (Lipinski definition) is 4. The summed E-state index contributed by atoms with van der Waals surface area (Å²) in [6, 6.07) is 7.21. The fourth-order valence-electron chi connectivity index (χ4n) is 1.94. The third-order valence-electron chi connectivity index (χ3n) is 3.14. The third kappa shape index (κ3) is 7.38. The Morgan fingerprint density at radius 2 is 2.14 bits per heavy atom. The van der Waals surface area contributed by atoms with Crippen LogP contribution in [0.5, 0.6) is 0 Å². The van der Waals surface area contributed by atoms with Gasteiger partial charge in [-0.05, 0) is 31.7 Å². The summed E-state index contributed by atoms with van der Waals surface area (Å²) in [7, 11) is 2.21. The molecule has 2 atom stereocenters. The summed E-state index contributed by atoms with van der Waals surface area (Å²) in [6.45, 7) is 2.69. The van der Waals surface area contributed by atoms with Crippen LogP contribution in [0.25, 0.3) is 0 Å². The van der Waals surface area contributed by atoms with Gasteiger partial charge in [0.2, 0.25) is 0 Å². The minimum Gasteiger partial charge on any atom is -0.480 e.